The molecule has 2 aromatic rings. The molecule has 0 amide bonds. The van der Waals surface area contributed by atoms with Crippen molar-refractivity contribution in [2.45, 2.75) is 20.1 Å². The molecule has 0 aliphatic heterocycles. The Kier molecular flexibility index (Phi) is 5.71. The number of carbonyl (C=O) groups is 1. The number of nitrogens with one attached hydrogen (secondary N) is 1. The molecule has 112 valence electrons. The topological polar surface area (TPSA) is 60.5 Å². The molecule has 0 radical (unpaired) electrons. The van der Waals surface area contributed by atoms with E-state index < -0.39 is 0 Å². The number of esters is 1. The first kappa shape index (κ1) is 15.5. The van der Waals surface area contributed by atoms with Gasteiger partial charge in [0, 0.05) is 11.9 Å². The number of thiazole rings is 1. The van der Waals surface area contributed by atoms with Gasteiger partial charge in [-0.25, -0.2) is 9.78 Å². The predicted octanol–water partition coefficient (Wildman–Crippen LogP) is 2.62. The summed E-state index contributed by atoms with van der Waals surface area (Å²) in [6.45, 7) is 3.25. The fourth-order valence-electron chi connectivity index (χ4n) is 1.77. The second-order valence-corrected chi connectivity index (χ2v) is 5.19. The van der Waals surface area contributed by atoms with Gasteiger partial charge in [0.1, 0.15) is 12.4 Å². The lowest BCUT2D eigenvalue weighted by molar-refractivity contribution is 0.0525. The summed E-state index contributed by atoms with van der Waals surface area (Å²) in [6.07, 6.45) is 0. The van der Waals surface area contributed by atoms with Crippen molar-refractivity contribution in [3.05, 3.63) is 45.9 Å². The number of nitrogens with zero attached hydrogens (tertiary/aromatic N) is 1. The van der Waals surface area contributed by atoms with Crippen molar-refractivity contribution < 1.29 is 14.3 Å². The van der Waals surface area contributed by atoms with E-state index in [9.17, 15) is 4.79 Å². The third kappa shape index (κ3) is 4.54. The average molecular weight is 306 g/mol. The summed E-state index contributed by atoms with van der Waals surface area (Å²) in [6, 6.07) is 7.87. The molecule has 0 aliphatic carbocycles. The van der Waals surface area contributed by atoms with Crippen LogP contribution in [0.25, 0.3) is 0 Å². The van der Waals surface area contributed by atoms with Gasteiger partial charge in [-0.2, -0.15) is 0 Å². The number of ether oxygens (including phenoxy) is 2. The molecule has 0 atom stereocenters. The van der Waals surface area contributed by atoms with Crippen LogP contribution in [0.4, 0.5) is 0 Å². The molecular formula is C15H18N2O3S. The maximum absolute atomic E-state index is 11.5. The van der Waals surface area contributed by atoms with Crippen LogP contribution in [-0.4, -0.2) is 24.6 Å². The largest absolute Gasteiger partial charge is 0.487 e. The van der Waals surface area contributed by atoms with Crippen molar-refractivity contribution in [1.82, 2.24) is 10.3 Å². The highest BCUT2D eigenvalue weighted by Gasteiger charge is 2.12. The molecule has 0 fully saturated rings. The van der Waals surface area contributed by atoms with Gasteiger partial charge in [-0.15, -0.1) is 11.3 Å². The number of hydrogen-bond acceptors (Lipinski definition) is 6. The lowest BCUT2D eigenvalue weighted by Crippen LogP contribution is -2.06. The highest BCUT2D eigenvalue weighted by molar-refractivity contribution is 7.11. The van der Waals surface area contributed by atoms with Gasteiger partial charge >= 0.3 is 5.97 Å². The molecule has 0 spiro atoms. The Bertz CT molecular complexity index is 598. The zero-order valence-electron chi connectivity index (χ0n) is 12.1. The molecule has 0 bridgehead atoms. The normalized spacial score (nSPS) is 10.4. The predicted molar refractivity (Wildman–Crippen MR) is 81.6 cm³/mol. The Morgan fingerprint density at radius 2 is 2.29 bits per heavy atom. The van der Waals surface area contributed by atoms with Gasteiger partial charge in [-0.3, -0.25) is 0 Å². The molecule has 1 aromatic heterocycles. The van der Waals surface area contributed by atoms with Crippen LogP contribution in [0.2, 0.25) is 0 Å². The summed E-state index contributed by atoms with van der Waals surface area (Å²) in [5.74, 6) is 0.401. The van der Waals surface area contributed by atoms with Crippen molar-refractivity contribution in [3.63, 3.8) is 0 Å². The van der Waals surface area contributed by atoms with Crippen LogP contribution >= 0.6 is 11.3 Å². The summed E-state index contributed by atoms with van der Waals surface area (Å²) >= 11 is 1.27. The maximum atomic E-state index is 11.5. The molecule has 21 heavy (non-hydrogen) atoms. The summed E-state index contributed by atoms with van der Waals surface area (Å²) in [5, 5.41) is 5.26. The van der Waals surface area contributed by atoms with E-state index in [0.717, 1.165) is 23.6 Å². The summed E-state index contributed by atoms with van der Waals surface area (Å²) < 4.78 is 10.6. The van der Waals surface area contributed by atoms with Crippen LogP contribution < -0.4 is 10.1 Å². The first-order valence-corrected chi connectivity index (χ1v) is 7.58. The van der Waals surface area contributed by atoms with Crippen LogP contribution in [0.3, 0.4) is 0 Å². The smallest absolute Gasteiger partial charge is 0.367 e. The molecule has 0 saturated carbocycles. The standard InChI is InChI=1S/C15H18N2O3S/c1-3-19-15(18)14-17-12(10-21-14)9-20-13-6-4-5-11(7-13)8-16-2/h4-7,10,16H,3,8-9H2,1-2H3. The fourth-order valence-corrected chi connectivity index (χ4v) is 2.46. The second-order valence-electron chi connectivity index (χ2n) is 4.33. The SMILES string of the molecule is CCOC(=O)c1nc(COc2cccc(CNC)c2)cs1. The Hall–Kier alpha value is -1.92. The maximum Gasteiger partial charge on any atom is 0.367 e. The van der Waals surface area contributed by atoms with E-state index in [2.05, 4.69) is 10.3 Å². The quantitative estimate of drug-likeness (QED) is 0.797. The number of hydrogen-bond donors (Lipinski definition) is 1. The lowest BCUT2D eigenvalue weighted by Gasteiger charge is -2.06. The van der Waals surface area contributed by atoms with Gasteiger partial charge in [0.2, 0.25) is 5.01 Å². The second kappa shape index (κ2) is 7.75. The van der Waals surface area contributed by atoms with E-state index in [1.54, 1.807) is 6.92 Å². The van der Waals surface area contributed by atoms with Crippen LogP contribution in [0.15, 0.2) is 29.6 Å². The first-order chi connectivity index (χ1) is 10.2. The lowest BCUT2D eigenvalue weighted by atomic mass is 10.2. The minimum Gasteiger partial charge on any atom is -0.487 e. The van der Waals surface area contributed by atoms with Crippen LogP contribution in [0.5, 0.6) is 5.75 Å². The molecule has 0 saturated heterocycles. The van der Waals surface area contributed by atoms with E-state index in [0.29, 0.717) is 18.2 Å². The monoisotopic (exact) mass is 306 g/mol. The van der Waals surface area contributed by atoms with E-state index in [1.807, 2.05) is 36.7 Å². The minimum absolute atomic E-state index is 0.332. The van der Waals surface area contributed by atoms with Gasteiger partial charge in [0.05, 0.1) is 12.3 Å². The van der Waals surface area contributed by atoms with Gasteiger partial charge in [0.25, 0.3) is 0 Å². The number of rotatable bonds is 7. The van der Waals surface area contributed by atoms with Gasteiger partial charge in [0.15, 0.2) is 0 Å². The zero-order valence-corrected chi connectivity index (χ0v) is 12.9. The van der Waals surface area contributed by atoms with Crippen molar-refractivity contribution in [3.8, 4) is 5.75 Å². The molecule has 2 rings (SSSR count). The number of aromatic nitrogens is 1. The van der Waals surface area contributed by atoms with Crippen molar-refractivity contribution in [1.29, 1.82) is 0 Å². The average Bonchev–Trinajstić information content (AvgIpc) is 2.95. The molecular weight excluding hydrogens is 288 g/mol. The van der Waals surface area contributed by atoms with Gasteiger partial charge in [-0.05, 0) is 31.7 Å². The molecule has 1 heterocycles. The number of carbonyl (C=O) groups excluding carboxylic acids is 1. The minimum atomic E-state index is -0.384. The van der Waals surface area contributed by atoms with E-state index in [4.69, 9.17) is 9.47 Å². The molecule has 0 aliphatic rings. The summed E-state index contributed by atoms with van der Waals surface area (Å²) in [4.78, 5) is 15.7. The van der Waals surface area contributed by atoms with Crippen molar-refractivity contribution >= 4 is 17.3 Å². The third-order valence-electron chi connectivity index (χ3n) is 2.67. The van der Waals surface area contributed by atoms with Crippen LogP contribution in [0.1, 0.15) is 28.0 Å². The third-order valence-corrected chi connectivity index (χ3v) is 3.54. The highest BCUT2D eigenvalue weighted by atomic mass is 32.1. The Morgan fingerprint density at radius 1 is 1.43 bits per heavy atom. The molecule has 6 heteroatoms. The Balaban J connectivity index is 1.94. The number of benzene rings is 1. The van der Waals surface area contributed by atoms with Gasteiger partial charge < -0.3 is 14.8 Å². The van der Waals surface area contributed by atoms with E-state index in [1.165, 1.54) is 11.3 Å². The molecule has 5 nitrogen and oxygen atoms in total. The molecule has 0 unspecified atom stereocenters. The van der Waals surface area contributed by atoms with E-state index in [-0.39, 0.29) is 5.97 Å². The summed E-state index contributed by atoms with van der Waals surface area (Å²) in [7, 11) is 1.90. The highest BCUT2D eigenvalue weighted by Crippen LogP contribution is 2.17. The van der Waals surface area contributed by atoms with Gasteiger partial charge in [-0.1, -0.05) is 12.1 Å². The Labute approximate surface area is 127 Å². The zero-order chi connectivity index (χ0) is 15.1. The van der Waals surface area contributed by atoms with Crippen LogP contribution in [-0.2, 0) is 17.9 Å². The van der Waals surface area contributed by atoms with Crippen molar-refractivity contribution in [2.75, 3.05) is 13.7 Å². The Morgan fingerprint density at radius 3 is 3.05 bits per heavy atom. The van der Waals surface area contributed by atoms with Crippen molar-refractivity contribution in [2.24, 2.45) is 0 Å². The van der Waals surface area contributed by atoms with Crippen LogP contribution in [0, 0.1) is 0 Å². The fraction of sp³-hybridized carbons (Fsp3) is 0.333. The first-order valence-electron chi connectivity index (χ1n) is 6.70. The molecule has 1 N–H and O–H groups in total. The van der Waals surface area contributed by atoms with E-state index >= 15 is 0 Å². The summed E-state index contributed by atoms with van der Waals surface area (Å²) in [5.41, 5.74) is 1.88. The molecule has 1 aromatic carbocycles.